The van der Waals surface area contributed by atoms with Gasteiger partial charge in [0.1, 0.15) is 0 Å². The second-order valence-corrected chi connectivity index (χ2v) is 9.97. The number of fused-ring (bicyclic) bond motifs is 1. The maximum Gasteiger partial charge on any atom is 0.243 e. The number of morpholine rings is 1. The van der Waals surface area contributed by atoms with E-state index in [1.54, 1.807) is 23.9 Å². The van der Waals surface area contributed by atoms with Gasteiger partial charge in [-0.15, -0.1) is 0 Å². The highest BCUT2D eigenvalue weighted by Crippen LogP contribution is 2.30. The van der Waals surface area contributed by atoms with Crippen molar-refractivity contribution >= 4 is 44.4 Å². The minimum absolute atomic E-state index is 0.273. The molecule has 154 valence electrons. The lowest BCUT2D eigenvalue weighted by Crippen LogP contribution is -2.40. The van der Waals surface area contributed by atoms with Gasteiger partial charge in [-0.2, -0.15) is 4.31 Å². The standard InChI is InChI=1S/C20H22ClN3O3S2/c1-2-24-19-8-7-16(29(25,26)23-9-11-27-12-10-23)13-18(19)22-20(24)28-14-15-5-3-4-6-17(15)21/h3-8,13H,2,9-12,14H2,1H3. The van der Waals surface area contributed by atoms with E-state index in [2.05, 4.69) is 11.5 Å². The number of halogens is 1. The molecular formula is C20H22ClN3O3S2. The Hall–Kier alpha value is -1.58. The van der Waals surface area contributed by atoms with Crippen molar-refractivity contribution in [3.8, 4) is 0 Å². The monoisotopic (exact) mass is 451 g/mol. The van der Waals surface area contributed by atoms with Crippen molar-refractivity contribution in [1.82, 2.24) is 13.9 Å². The quantitative estimate of drug-likeness (QED) is 0.529. The molecule has 0 radical (unpaired) electrons. The zero-order valence-corrected chi connectivity index (χ0v) is 18.4. The summed E-state index contributed by atoms with van der Waals surface area (Å²) in [6.45, 7) is 4.41. The molecule has 0 amide bonds. The zero-order chi connectivity index (χ0) is 20.4. The van der Waals surface area contributed by atoms with Crippen LogP contribution in [-0.4, -0.2) is 48.6 Å². The van der Waals surface area contributed by atoms with Crippen molar-refractivity contribution in [2.24, 2.45) is 0 Å². The van der Waals surface area contributed by atoms with Crippen molar-refractivity contribution in [2.45, 2.75) is 29.3 Å². The summed E-state index contributed by atoms with van der Waals surface area (Å²) < 4.78 is 34.8. The number of aromatic nitrogens is 2. The average Bonchev–Trinajstić information content (AvgIpc) is 3.10. The van der Waals surface area contributed by atoms with Crippen LogP contribution >= 0.6 is 23.4 Å². The predicted molar refractivity (Wildman–Crippen MR) is 116 cm³/mol. The van der Waals surface area contributed by atoms with E-state index >= 15 is 0 Å². The van der Waals surface area contributed by atoms with Gasteiger partial charge in [-0.3, -0.25) is 0 Å². The number of imidazole rings is 1. The van der Waals surface area contributed by atoms with E-state index in [0.717, 1.165) is 27.8 Å². The number of benzene rings is 2. The van der Waals surface area contributed by atoms with Gasteiger partial charge in [0, 0.05) is 30.4 Å². The number of nitrogens with zero attached hydrogens (tertiary/aromatic N) is 3. The fourth-order valence-corrected chi connectivity index (χ4v) is 6.15. The molecule has 0 bridgehead atoms. The molecule has 1 saturated heterocycles. The summed E-state index contributed by atoms with van der Waals surface area (Å²) in [6, 6.07) is 12.9. The third kappa shape index (κ3) is 4.18. The lowest BCUT2D eigenvalue weighted by Gasteiger charge is -2.26. The molecule has 0 saturated carbocycles. The maximum atomic E-state index is 13.0. The van der Waals surface area contributed by atoms with E-state index in [9.17, 15) is 8.42 Å². The van der Waals surface area contributed by atoms with Crippen molar-refractivity contribution in [3.63, 3.8) is 0 Å². The minimum Gasteiger partial charge on any atom is -0.379 e. The Bertz CT molecular complexity index is 1130. The smallest absolute Gasteiger partial charge is 0.243 e. The molecule has 0 aliphatic carbocycles. The molecule has 4 rings (SSSR count). The first-order valence-corrected chi connectivity index (χ1v) is 12.3. The molecule has 1 aromatic heterocycles. The number of rotatable bonds is 6. The van der Waals surface area contributed by atoms with Crippen molar-refractivity contribution in [3.05, 3.63) is 53.1 Å². The van der Waals surface area contributed by atoms with Gasteiger partial charge >= 0.3 is 0 Å². The summed E-state index contributed by atoms with van der Waals surface area (Å²) >= 11 is 7.86. The van der Waals surface area contributed by atoms with Crippen LogP contribution in [0.25, 0.3) is 11.0 Å². The third-order valence-corrected chi connectivity index (χ3v) is 8.21. The molecule has 3 aromatic rings. The largest absolute Gasteiger partial charge is 0.379 e. The Morgan fingerprint density at radius 2 is 1.93 bits per heavy atom. The Morgan fingerprint density at radius 3 is 2.66 bits per heavy atom. The van der Waals surface area contributed by atoms with E-state index in [1.165, 1.54) is 4.31 Å². The Kier molecular flexibility index (Phi) is 6.17. The second kappa shape index (κ2) is 8.65. The molecule has 1 aliphatic heterocycles. The summed E-state index contributed by atoms with van der Waals surface area (Å²) in [6.07, 6.45) is 0. The van der Waals surface area contributed by atoms with Gasteiger partial charge in [0.25, 0.3) is 0 Å². The molecule has 6 nitrogen and oxygen atoms in total. The van der Waals surface area contributed by atoms with Crippen LogP contribution < -0.4 is 0 Å². The van der Waals surface area contributed by atoms with Gasteiger partial charge in [0.2, 0.25) is 10.0 Å². The fourth-order valence-electron chi connectivity index (χ4n) is 3.36. The van der Waals surface area contributed by atoms with E-state index in [0.29, 0.717) is 37.6 Å². The summed E-state index contributed by atoms with van der Waals surface area (Å²) in [5.74, 6) is 0.696. The third-order valence-electron chi connectivity index (χ3n) is 4.92. The number of thioether (sulfide) groups is 1. The molecule has 2 heterocycles. The van der Waals surface area contributed by atoms with Gasteiger partial charge in [0.15, 0.2) is 5.16 Å². The zero-order valence-electron chi connectivity index (χ0n) is 16.0. The van der Waals surface area contributed by atoms with Gasteiger partial charge in [-0.25, -0.2) is 13.4 Å². The van der Waals surface area contributed by atoms with Crippen LogP contribution in [0.15, 0.2) is 52.5 Å². The van der Waals surface area contributed by atoms with E-state index < -0.39 is 10.0 Å². The summed E-state index contributed by atoms with van der Waals surface area (Å²) in [4.78, 5) is 5.00. The van der Waals surface area contributed by atoms with Crippen LogP contribution in [0.2, 0.25) is 5.02 Å². The van der Waals surface area contributed by atoms with E-state index in [4.69, 9.17) is 21.3 Å². The number of hydrogen-bond acceptors (Lipinski definition) is 5. The molecule has 0 atom stereocenters. The minimum atomic E-state index is -3.54. The molecule has 29 heavy (non-hydrogen) atoms. The van der Waals surface area contributed by atoms with Crippen LogP contribution in [0, 0.1) is 0 Å². The van der Waals surface area contributed by atoms with E-state index in [1.807, 2.05) is 30.3 Å². The topological polar surface area (TPSA) is 64.4 Å². The molecular weight excluding hydrogens is 430 g/mol. The predicted octanol–water partition coefficient (Wildman–Crippen LogP) is 4.02. The molecule has 1 aliphatic rings. The number of hydrogen-bond donors (Lipinski definition) is 0. The molecule has 0 spiro atoms. The summed E-state index contributed by atoms with van der Waals surface area (Å²) in [5.41, 5.74) is 2.65. The van der Waals surface area contributed by atoms with Gasteiger partial charge in [0.05, 0.1) is 29.1 Å². The van der Waals surface area contributed by atoms with Crippen LogP contribution in [0.4, 0.5) is 0 Å². The SMILES string of the molecule is CCn1c(SCc2ccccc2Cl)nc2cc(S(=O)(=O)N3CCOCC3)ccc21. The second-order valence-electron chi connectivity index (χ2n) is 6.69. The lowest BCUT2D eigenvalue weighted by atomic mass is 10.2. The van der Waals surface area contributed by atoms with E-state index in [-0.39, 0.29) is 4.90 Å². The lowest BCUT2D eigenvalue weighted by molar-refractivity contribution is 0.0730. The van der Waals surface area contributed by atoms with Crippen molar-refractivity contribution < 1.29 is 13.2 Å². The van der Waals surface area contributed by atoms with Gasteiger partial charge in [-0.1, -0.05) is 41.6 Å². The highest BCUT2D eigenvalue weighted by atomic mass is 35.5. The van der Waals surface area contributed by atoms with Crippen LogP contribution in [-0.2, 0) is 27.1 Å². The molecule has 1 fully saturated rings. The van der Waals surface area contributed by atoms with Gasteiger partial charge in [-0.05, 0) is 36.8 Å². The molecule has 0 unspecified atom stereocenters. The normalized spacial score (nSPS) is 15.8. The summed E-state index contributed by atoms with van der Waals surface area (Å²) in [7, 11) is -3.54. The Labute approximate surface area is 179 Å². The van der Waals surface area contributed by atoms with Crippen LogP contribution in [0.3, 0.4) is 0 Å². The molecule has 0 N–H and O–H groups in total. The number of sulfonamides is 1. The van der Waals surface area contributed by atoms with Crippen LogP contribution in [0.1, 0.15) is 12.5 Å². The average molecular weight is 452 g/mol. The van der Waals surface area contributed by atoms with Crippen LogP contribution in [0.5, 0.6) is 0 Å². The number of ether oxygens (including phenoxy) is 1. The highest BCUT2D eigenvalue weighted by Gasteiger charge is 2.27. The first kappa shape index (κ1) is 20.7. The first-order valence-electron chi connectivity index (χ1n) is 9.45. The maximum absolute atomic E-state index is 13.0. The molecule has 9 heteroatoms. The summed E-state index contributed by atoms with van der Waals surface area (Å²) in [5, 5.41) is 1.58. The highest BCUT2D eigenvalue weighted by molar-refractivity contribution is 7.98. The Balaban J connectivity index is 1.64. The Morgan fingerprint density at radius 1 is 1.17 bits per heavy atom. The van der Waals surface area contributed by atoms with Crippen molar-refractivity contribution in [1.29, 1.82) is 0 Å². The molecule has 2 aromatic carbocycles. The first-order chi connectivity index (χ1) is 14.0. The fraction of sp³-hybridized carbons (Fsp3) is 0.350. The number of aryl methyl sites for hydroxylation is 1. The van der Waals surface area contributed by atoms with Gasteiger partial charge < -0.3 is 9.30 Å². The van der Waals surface area contributed by atoms with Crippen molar-refractivity contribution in [2.75, 3.05) is 26.3 Å².